The Morgan fingerprint density at radius 1 is 1.12 bits per heavy atom. The average Bonchev–Trinajstić information content (AvgIpc) is 2.79. The molecule has 1 aliphatic rings. The molecule has 1 aromatic heterocycles. The second kappa shape index (κ2) is 9.32. The Bertz CT molecular complexity index is 1210. The van der Waals surface area contributed by atoms with Gasteiger partial charge in [-0.2, -0.15) is 0 Å². The molecule has 0 saturated heterocycles. The van der Waals surface area contributed by atoms with Gasteiger partial charge in [0.15, 0.2) is 0 Å². The highest BCUT2D eigenvalue weighted by atomic mass is 16.2. The summed E-state index contributed by atoms with van der Waals surface area (Å²) in [5, 5.41) is 3.85. The largest absolute Gasteiger partial charge is 0.332 e. The number of carbonyl (C=O) groups is 2. The van der Waals surface area contributed by atoms with Crippen molar-refractivity contribution in [2.45, 2.75) is 40.7 Å². The maximum Gasteiger partial charge on any atom is 0.255 e. The SMILES string of the molecule is CCN1CCc2nc3ccccc3c(C(=O)N(C)CC(=O)Nc3c(C)cc(C)cc3C)c2C1. The maximum atomic E-state index is 13.7. The zero-order valence-electron chi connectivity index (χ0n) is 20.2. The van der Waals surface area contributed by atoms with E-state index in [1.807, 2.05) is 57.2 Å². The highest BCUT2D eigenvalue weighted by Crippen LogP contribution is 2.29. The molecule has 0 bridgehead atoms. The van der Waals surface area contributed by atoms with Crippen LogP contribution in [0, 0.1) is 20.8 Å². The molecule has 2 amide bonds. The summed E-state index contributed by atoms with van der Waals surface area (Å²) in [5.41, 5.74) is 7.49. The van der Waals surface area contributed by atoms with Gasteiger partial charge in [0.25, 0.3) is 5.91 Å². The number of anilines is 1. The summed E-state index contributed by atoms with van der Waals surface area (Å²) in [7, 11) is 1.69. The lowest BCUT2D eigenvalue weighted by molar-refractivity contribution is -0.116. The summed E-state index contributed by atoms with van der Waals surface area (Å²) in [6.07, 6.45) is 0.824. The molecule has 0 fully saturated rings. The number of benzene rings is 2. The number of rotatable bonds is 5. The van der Waals surface area contributed by atoms with Crippen molar-refractivity contribution < 1.29 is 9.59 Å². The van der Waals surface area contributed by atoms with Gasteiger partial charge in [-0.15, -0.1) is 0 Å². The molecule has 3 aromatic rings. The number of hydrogen-bond donors (Lipinski definition) is 1. The zero-order chi connectivity index (χ0) is 23.7. The van der Waals surface area contributed by atoms with Crippen molar-refractivity contribution in [3.05, 3.63) is 69.9 Å². The minimum atomic E-state index is -0.205. The lowest BCUT2D eigenvalue weighted by Gasteiger charge is -2.30. The molecule has 4 rings (SSSR count). The van der Waals surface area contributed by atoms with E-state index in [0.717, 1.165) is 64.0 Å². The normalized spacial score (nSPS) is 13.6. The van der Waals surface area contributed by atoms with Crippen LogP contribution in [0.5, 0.6) is 0 Å². The van der Waals surface area contributed by atoms with Gasteiger partial charge < -0.3 is 10.2 Å². The van der Waals surface area contributed by atoms with Crippen LogP contribution in [0.3, 0.4) is 0 Å². The highest BCUT2D eigenvalue weighted by molar-refractivity contribution is 6.09. The summed E-state index contributed by atoms with van der Waals surface area (Å²) < 4.78 is 0. The number of carbonyl (C=O) groups excluding carboxylic acids is 2. The molecule has 6 heteroatoms. The first-order valence-corrected chi connectivity index (χ1v) is 11.5. The Hall–Kier alpha value is -3.25. The van der Waals surface area contributed by atoms with Crippen LogP contribution in [0.15, 0.2) is 36.4 Å². The van der Waals surface area contributed by atoms with Crippen molar-refractivity contribution in [2.24, 2.45) is 0 Å². The van der Waals surface area contributed by atoms with Gasteiger partial charge in [-0.05, 0) is 44.5 Å². The van der Waals surface area contributed by atoms with E-state index >= 15 is 0 Å². The van der Waals surface area contributed by atoms with Gasteiger partial charge in [0, 0.05) is 48.9 Å². The first kappa shape index (κ1) is 22.9. The molecule has 0 radical (unpaired) electrons. The Morgan fingerprint density at radius 3 is 2.52 bits per heavy atom. The van der Waals surface area contributed by atoms with Gasteiger partial charge in [0.2, 0.25) is 5.91 Å². The molecule has 0 unspecified atom stereocenters. The third-order valence-electron chi connectivity index (χ3n) is 6.46. The minimum absolute atomic E-state index is 0.0193. The molecule has 0 saturated carbocycles. The van der Waals surface area contributed by atoms with Crippen LogP contribution in [0.25, 0.3) is 10.9 Å². The standard InChI is InChI=1S/C27H32N4O2/c1-6-31-12-11-23-21(15-31)25(20-9-7-8-10-22(20)28-23)27(33)30(5)16-24(32)29-26-18(3)13-17(2)14-19(26)4/h7-10,13-14H,6,11-12,15-16H2,1-5H3,(H,29,32). The van der Waals surface area contributed by atoms with Gasteiger partial charge in [0.05, 0.1) is 17.6 Å². The molecular weight excluding hydrogens is 412 g/mol. The van der Waals surface area contributed by atoms with Crippen LogP contribution in [0.2, 0.25) is 0 Å². The topological polar surface area (TPSA) is 65.5 Å². The fourth-order valence-corrected chi connectivity index (χ4v) is 4.79. The monoisotopic (exact) mass is 444 g/mol. The number of nitrogens with zero attached hydrogens (tertiary/aromatic N) is 3. The number of aromatic nitrogens is 1. The number of hydrogen-bond acceptors (Lipinski definition) is 4. The van der Waals surface area contributed by atoms with Crippen LogP contribution >= 0.6 is 0 Å². The van der Waals surface area contributed by atoms with Gasteiger partial charge in [0.1, 0.15) is 0 Å². The number of fused-ring (bicyclic) bond motifs is 2. The van der Waals surface area contributed by atoms with E-state index < -0.39 is 0 Å². The number of nitrogens with one attached hydrogen (secondary N) is 1. The number of aryl methyl sites for hydroxylation is 3. The fraction of sp³-hybridized carbons (Fsp3) is 0.370. The van der Waals surface area contributed by atoms with Gasteiger partial charge in [-0.25, -0.2) is 0 Å². The molecule has 2 heterocycles. The first-order valence-electron chi connectivity index (χ1n) is 11.5. The summed E-state index contributed by atoms with van der Waals surface area (Å²) in [4.78, 5) is 35.3. The van der Waals surface area contributed by atoms with Crippen LogP contribution < -0.4 is 5.32 Å². The molecule has 1 N–H and O–H groups in total. The van der Waals surface area contributed by atoms with Gasteiger partial charge in [-0.1, -0.05) is 42.8 Å². The predicted octanol–water partition coefficient (Wildman–Crippen LogP) is 4.25. The lowest BCUT2D eigenvalue weighted by atomic mass is 9.95. The second-order valence-corrected chi connectivity index (χ2v) is 9.03. The number of para-hydroxylation sites is 1. The molecule has 6 nitrogen and oxygen atoms in total. The van der Waals surface area contributed by atoms with E-state index in [0.29, 0.717) is 12.1 Å². The van der Waals surface area contributed by atoms with Crippen LogP contribution in [-0.2, 0) is 17.8 Å². The van der Waals surface area contributed by atoms with E-state index in [1.165, 1.54) is 4.90 Å². The molecular formula is C27H32N4O2. The highest BCUT2D eigenvalue weighted by Gasteiger charge is 2.27. The fourth-order valence-electron chi connectivity index (χ4n) is 4.79. The van der Waals surface area contributed by atoms with Crippen molar-refractivity contribution in [2.75, 3.05) is 32.0 Å². The molecule has 0 atom stereocenters. The Balaban J connectivity index is 1.62. The van der Waals surface area contributed by atoms with Crippen molar-refractivity contribution in [3.8, 4) is 0 Å². The first-order chi connectivity index (χ1) is 15.8. The molecule has 1 aliphatic heterocycles. The van der Waals surface area contributed by atoms with E-state index in [2.05, 4.69) is 17.1 Å². The van der Waals surface area contributed by atoms with Gasteiger partial charge >= 0.3 is 0 Å². The van der Waals surface area contributed by atoms with E-state index in [-0.39, 0.29) is 18.4 Å². The Kier molecular flexibility index (Phi) is 6.47. The molecule has 0 aliphatic carbocycles. The van der Waals surface area contributed by atoms with Crippen molar-refractivity contribution >= 4 is 28.4 Å². The molecule has 172 valence electrons. The number of pyridine rings is 1. The van der Waals surface area contributed by atoms with E-state index in [4.69, 9.17) is 4.98 Å². The second-order valence-electron chi connectivity index (χ2n) is 9.03. The predicted molar refractivity (Wildman–Crippen MR) is 133 cm³/mol. The average molecular weight is 445 g/mol. The Morgan fingerprint density at radius 2 is 1.82 bits per heavy atom. The number of likely N-dealkylation sites (N-methyl/N-ethyl adjacent to an activating group) is 2. The lowest BCUT2D eigenvalue weighted by Crippen LogP contribution is -2.38. The quantitative estimate of drug-likeness (QED) is 0.639. The maximum absolute atomic E-state index is 13.7. The van der Waals surface area contributed by atoms with Crippen LogP contribution in [-0.4, -0.2) is 53.3 Å². The van der Waals surface area contributed by atoms with E-state index in [9.17, 15) is 9.59 Å². The summed E-state index contributed by atoms with van der Waals surface area (Å²) in [5.74, 6) is -0.348. The zero-order valence-corrected chi connectivity index (χ0v) is 20.2. The molecule has 2 aromatic carbocycles. The summed E-state index contributed by atoms with van der Waals surface area (Å²) in [6.45, 7) is 10.7. The Labute approximate surface area is 195 Å². The van der Waals surface area contributed by atoms with Crippen molar-refractivity contribution in [1.82, 2.24) is 14.8 Å². The third-order valence-corrected chi connectivity index (χ3v) is 6.46. The van der Waals surface area contributed by atoms with Crippen LogP contribution in [0.1, 0.15) is 45.2 Å². The molecule has 33 heavy (non-hydrogen) atoms. The van der Waals surface area contributed by atoms with Gasteiger partial charge in [-0.3, -0.25) is 19.5 Å². The smallest absolute Gasteiger partial charge is 0.255 e. The van der Waals surface area contributed by atoms with Crippen molar-refractivity contribution in [1.29, 1.82) is 0 Å². The third kappa shape index (κ3) is 4.62. The van der Waals surface area contributed by atoms with Crippen LogP contribution in [0.4, 0.5) is 5.69 Å². The summed E-state index contributed by atoms with van der Waals surface area (Å²) >= 11 is 0. The van der Waals surface area contributed by atoms with Crippen molar-refractivity contribution in [3.63, 3.8) is 0 Å². The molecule has 0 spiro atoms. The minimum Gasteiger partial charge on any atom is -0.332 e. The number of amides is 2. The summed E-state index contributed by atoms with van der Waals surface area (Å²) in [6, 6.07) is 11.9. The van der Waals surface area contributed by atoms with E-state index in [1.54, 1.807) is 7.05 Å².